The van der Waals surface area contributed by atoms with Gasteiger partial charge in [-0.15, -0.1) is 0 Å². The second kappa shape index (κ2) is 7.08. The van der Waals surface area contributed by atoms with Gasteiger partial charge in [-0.2, -0.15) is 0 Å². The first-order valence-electron chi connectivity index (χ1n) is 6.85. The van der Waals surface area contributed by atoms with Crippen molar-refractivity contribution in [3.63, 3.8) is 0 Å². The number of nitro benzene ring substituents is 1. The van der Waals surface area contributed by atoms with Gasteiger partial charge in [0.1, 0.15) is 0 Å². The van der Waals surface area contributed by atoms with Crippen molar-refractivity contribution in [1.82, 2.24) is 4.72 Å². The molecule has 1 N–H and O–H groups in total. The van der Waals surface area contributed by atoms with Crippen LogP contribution in [0, 0.1) is 10.1 Å². The van der Waals surface area contributed by atoms with Crippen molar-refractivity contribution in [3.8, 4) is 0 Å². The molecule has 2 rings (SSSR count). The molecule has 0 heterocycles. The van der Waals surface area contributed by atoms with E-state index < -0.39 is 21.0 Å². The van der Waals surface area contributed by atoms with Gasteiger partial charge < -0.3 is 0 Å². The van der Waals surface area contributed by atoms with Crippen LogP contribution in [-0.2, 0) is 10.0 Å². The Morgan fingerprint density at radius 1 is 1.22 bits per heavy atom. The Morgan fingerprint density at radius 3 is 2.43 bits per heavy atom. The molecule has 6 nitrogen and oxygen atoms in total. The van der Waals surface area contributed by atoms with Crippen LogP contribution in [0.1, 0.15) is 24.9 Å². The van der Waals surface area contributed by atoms with Gasteiger partial charge in [0, 0.05) is 23.2 Å². The third kappa shape index (κ3) is 4.28. The van der Waals surface area contributed by atoms with Crippen molar-refractivity contribution in [2.24, 2.45) is 0 Å². The minimum atomic E-state index is -3.87. The van der Waals surface area contributed by atoms with Crippen LogP contribution in [0.5, 0.6) is 0 Å². The fourth-order valence-electron chi connectivity index (χ4n) is 2.10. The molecule has 0 unspecified atom stereocenters. The number of non-ortho nitro benzene ring substituents is 1. The lowest BCUT2D eigenvalue weighted by Gasteiger charge is -2.17. The van der Waals surface area contributed by atoms with E-state index in [0.717, 1.165) is 11.6 Å². The molecule has 2 aromatic carbocycles. The van der Waals surface area contributed by atoms with Crippen molar-refractivity contribution in [1.29, 1.82) is 0 Å². The van der Waals surface area contributed by atoms with Gasteiger partial charge in [-0.25, -0.2) is 13.1 Å². The zero-order valence-corrected chi connectivity index (χ0v) is 13.8. The summed E-state index contributed by atoms with van der Waals surface area (Å²) >= 11 is 5.83. The van der Waals surface area contributed by atoms with E-state index in [1.807, 2.05) is 6.92 Å². The molecule has 8 heteroatoms. The summed E-state index contributed by atoms with van der Waals surface area (Å²) in [6.07, 6.45) is 0.524. The third-order valence-electron chi connectivity index (χ3n) is 3.32. The average Bonchev–Trinajstić information content (AvgIpc) is 2.53. The van der Waals surface area contributed by atoms with E-state index in [9.17, 15) is 18.5 Å². The van der Waals surface area contributed by atoms with Crippen molar-refractivity contribution >= 4 is 27.3 Å². The molecule has 2 aromatic rings. The summed E-state index contributed by atoms with van der Waals surface area (Å²) in [4.78, 5) is 10.0. The molecule has 0 aliphatic carbocycles. The molecule has 23 heavy (non-hydrogen) atoms. The number of nitrogens with one attached hydrogen (secondary N) is 1. The van der Waals surface area contributed by atoms with Crippen molar-refractivity contribution in [2.75, 3.05) is 0 Å². The van der Waals surface area contributed by atoms with Crippen LogP contribution in [0.25, 0.3) is 0 Å². The molecule has 0 amide bonds. The van der Waals surface area contributed by atoms with Gasteiger partial charge in [-0.05, 0) is 30.2 Å². The number of sulfonamides is 1. The molecule has 0 aliphatic heterocycles. The lowest BCUT2D eigenvalue weighted by atomic mass is 10.1. The van der Waals surface area contributed by atoms with E-state index in [4.69, 9.17) is 11.6 Å². The van der Waals surface area contributed by atoms with Crippen molar-refractivity contribution in [2.45, 2.75) is 24.3 Å². The lowest BCUT2D eigenvalue weighted by Crippen LogP contribution is -2.28. The summed E-state index contributed by atoms with van der Waals surface area (Å²) < 4.78 is 27.5. The zero-order chi connectivity index (χ0) is 17.0. The summed E-state index contributed by atoms with van der Waals surface area (Å²) in [6, 6.07) is 11.4. The monoisotopic (exact) mass is 354 g/mol. The summed E-state index contributed by atoms with van der Waals surface area (Å²) in [5.41, 5.74) is 0.498. The summed E-state index contributed by atoms with van der Waals surface area (Å²) in [5, 5.41) is 11.4. The van der Waals surface area contributed by atoms with Crippen LogP contribution >= 0.6 is 11.6 Å². The fourth-order valence-corrected chi connectivity index (χ4v) is 3.57. The van der Waals surface area contributed by atoms with Gasteiger partial charge in [0.05, 0.1) is 9.82 Å². The number of hydrogen-bond donors (Lipinski definition) is 1. The van der Waals surface area contributed by atoms with Gasteiger partial charge >= 0.3 is 0 Å². The molecule has 0 radical (unpaired) electrons. The number of rotatable bonds is 6. The van der Waals surface area contributed by atoms with E-state index in [1.165, 1.54) is 18.2 Å². The molecule has 1 atom stereocenters. The second-order valence-corrected chi connectivity index (χ2v) is 7.04. The highest BCUT2D eigenvalue weighted by Gasteiger charge is 2.22. The number of nitrogens with zero attached hydrogens (tertiary/aromatic N) is 1. The Balaban J connectivity index is 2.30. The Bertz CT molecular complexity index is 806. The van der Waals surface area contributed by atoms with Crippen LogP contribution in [0.3, 0.4) is 0 Å². The highest BCUT2D eigenvalue weighted by Crippen LogP contribution is 2.23. The van der Waals surface area contributed by atoms with Gasteiger partial charge in [-0.1, -0.05) is 36.7 Å². The fraction of sp³-hybridized carbons (Fsp3) is 0.200. The minimum Gasteiger partial charge on any atom is -0.258 e. The molecule has 0 spiro atoms. The summed E-state index contributed by atoms with van der Waals surface area (Å²) in [6.45, 7) is 1.84. The first-order chi connectivity index (χ1) is 10.8. The predicted octanol–water partition coefficient (Wildman–Crippen LogP) is 3.68. The Kier molecular flexibility index (Phi) is 5.35. The number of nitro groups is 1. The first-order valence-corrected chi connectivity index (χ1v) is 8.72. The molecule has 0 aromatic heterocycles. The van der Waals surface area contributed by atoms with Crippen molar-refractivity contribution in [3.05, 3.63) is 69.2 Å². The molecule has 0 saturated heterocycles. The molecule has 0 aliphatic rings. The quantitative estimate of drug-likeness (QED) is 0.633. The van der Waals surface area contributed by atoms with E-state index in [-0.39, 0.29) is 10.6 Å². The van der Waals surface area contributed by atoms with E-state index in [2.05, 4.69) is 4.72 Å². The van der Waals surface area contributed by atoms with Crippen LogP contribution in [0.4, 0.5) is 5.69 Å². The standard InChI is InChI=1S/C15H15ClN2O4S/c1-2-15(11-6-8-12(16)9-7-11)17-23(21,22)14-5-3-4-13(10-14)18(19)20/h3-10,15,17H,2H2,1H3/t15-/m0/s1. The lowest BCUT2D eigenvalue weighted by molar-refractivity contribution is -0.385. The third-order valence-corrected chi connectivity index (χ3v) is 5.04. The number of halogens is 1. The molecule has 0 fully saturated rings. The number of benzene rings is 2. The predicted molar refractivity (Wildman–Crippen MR) is 87.9 cm³/mol. The largest absolute Gasteiger partial charge is 0.270 e. The second-order valence-electron chi connectivity index (χ2n) is 4.89. The SMILES string of the molecule is CC[C@H](NS(=O)(=O)c1cccc([N+](=O)[O-])c1)c1ccc(Cl)cc1. The molecular formula is C15H15ClN2O4S. The molecule has 0 bridgehead atoms. The van der Waals surface area contributed by atoms with E-state index in [1.54, 1.807) is 24.3 Å². The Morgan fingerprint density at radius 2 is 1.87 bits per heavy atom. The summed E-state index contributed by atoms with van der Waals surface area (Å²) in [7, 11) is -3.87. The highest BCUT2D eigenvalue weighted by molar-refractivity contribution is 7.89. The Labute approximate surface area is 139 Å². The van der Waals surface area contributed by atoms with Crippen molar-refractivity contribution < 1.29 is 13.3 Å². The first kappa shape index (κ1) is 17.4. The van der Waals surface area contributed by atoms with Gasteiger partial charge in [0.25, 0.3) is 5.69 Å². The highest BCUT2D eigenvalue weighted by atomic mass is 35.5. The van der Waals surface area contributed by atoms with Crippen LogP contribution in [0.15, 0.2) is 53.4 Å². The maximum Gasteiger partial charge on any atom is 0.270 e. The molecule has 0 saturated carbocycles. The maximum absolute atomic E-state index is 12.5. The Hall–Kier alpha value is -1.96. The smallest absolute Gasteiger partial charge is 0.258 e. The molecule has 122 valence electrons. The van der Waals surface area contributed by atoms with Crippen LogP contribution in [-0.4, -0.2) is 13.3 Å². The van der Waals surface area contributed by atoms with Crippen LogP contribution < -0.4 is 4.72 Å². The topological polar surface area (TPSA) is 89.3 Å². The minimum absolute atomic E-state index is 0.140. The zero-order valence-electron chi connectivity index (χ0n) is 12.3. The van der Waals surface area contributed by atoms with E-state index >= 15 is 0 Å². The van der Waals surface area contributed by atoms with E-state index in [0.29, 0.717) is 11.4 Å². The number of hydrogen-bond acceptors (Lipinski definition) is 4. The average molecular weight is 355 g/mol. The maximum atomic E-state index is 12.5. The van der Waals surface area contributed by atoms with Gasteiger partial charge in [0.2, 0.25) is 10.0 Å². The molecular weight excluding hydrogens is 340 g/mol. The van der Waals surface area contributed by atoms with Gasteiger partial charge in [0.15, 0.2) is 0 Å². The normalized spacial score (nSPS) is 12.8. The summed E-state index contributed by atoms with van der Waals surface area (Å²) in [5.74, 6) is 0. The van der Waals surface area contributed by atoms with Crippen LogP contribution in [0.2, 0.25) is 5.02 Å². The van der Waals surface area contributed by atoms with Gasteiger partial charge in [-0.3, -0.25) is 10.1 Å².